The number of rotatable bonds is 3. The molecule has 5 heteroatoms. The highest BCUT2D eigenvalue weighted by molar-refractivity contribution is 9.10. The van der Waals surface area contributed by atoms with Crippen molar-refractivity contribution in [1.29, 1.82) is 0 Å². The van der Waals surface area contributed by atoms with Crippen LogP contribution in [0, 0.1) is 5.82 Å². The van der Waals surface area contributed by atoms with Crippen LogP contribution in [0.4, 0.5) is 4.39 Å². The van der Waals surface area contributed by atoms with Crippen molar-refractivity contribution in [2.75, 3.05) is 7.11 Å². The lowest BCUT2D eigenvalue weighted by Gasteiger charge is -2.39. The Bertz CT molecular complexity index is 368. The molecule has 3 unspecified atom stereocenters. The van der Waals surface area contributed by atoms with Crippen molar-refractivity contribution in [1.82, 2.24) is 0 Å². The van der Waals surface area contributed by atoms with Gasteiger partial charge < -0.3 is 9.47 Å². The fourth-order valence-electron chi connectivity index (χ4n) is 1.71. The normalized spacial score (nSPS) is 28.6. The van der Waals surface area contributed by atoms with E-state index >= 15 is 0 Å². The number of alkyl halides is 1. The molecule has 2 rings (SSSR count). The largest absolute Gasteiger partial charge is 0.487 e. The van der Waals surface area contributed by atoms with Crippen molar-refractivity contribution < 1.29 is 13.9 Å². The third-order valence-corrected chi connectivity index (χ3v) is 3.46. The van der Waals surface area contributed by atoms with Crippen LogP contribution >= 0.6 is 27.5 Å². The second-order valence-corrected chi connectivity index (χ2v) is 5.19. The Morgan fingerprint density at radius 2 is 2.19 bits per heavy atom. The van der Waals surface area contributed by atoms with E-state index < -0.39 is 0 Å². The van der Waals surface area contributed by atoms with Crippen molar-refractivity contribution >= 4 is 27.5 Å². The molecule has 0 aromatic heterocycles. The molecule has 0 heterocycles. The molecule has 0 bridgehead atoms. The molecule has 1 aromatic rings. The second-order valence-electron chi connectivity index (χ2n) is 3.71. The highest BCUT2D eigenvalue weighted by Crippen LogP contribution is 2.33. The SMILES string of the molecule is COC1C(Cl)CC1Oc1cc(F)cc(Br)c1. The first-order valence-electron chi connectivity index (χ1n) is 4.90. The summed E-state index contributed by atoms with van der Waals surface area (Å²) in [6.45, 7) is 0. The van der Waals surface area contributed by atoms with Crippen LogP contribution in [0.1, 0.15) is 6.42 Å². The Kier molecular flexibility index (Phi) is 3.72. The number of ether oxygens (including phenoxy) is 2. The Hall–Kier alpha value is -0.320. The molecule has 0 radical (unpaired) electrons. The van der Waals surface area contributed by atoms with E-state index in [1.165, 1.54) is 12.1 Å². The summed E-state index contributed by atoms with van der Waals surface area (Å²) >= 11 is 9.16. The van der Waals surface area contributed by atoms with E-state index in [4.69, 9.17) is 21.1 Å². The van der Waals surface area contributed by atoms with Gasteiger partial charge in [0.1, 0.15) is 23.8 Å². The van der Waals surface area contributed by atoms with Gasteiger partial charge >= 0.3 is 0 Å². The van der Waals surface area contributed by atoms with Crippen molar-refractivity contribution in [3.8, 4) is 5.75 Å². The first-order valence-corrected chi connectivity index (χ1v) is 6.12. The average molecular weight is 310 g/mol. The molecule has 0 aliphatic heterocycles. The molecule has 1 aromatic carbocycles. The summed E-state index contributed by atoms with van der Waals surface area (Å²) in [5, 5.41) is -0.0213. The van der Waals surface area contributed by atoms with E-state index in [0.29, 0.717) is 16.6 Å². The quantitative estimate of drug-likeness (QED) is 0.797. The van der Waals surface area contributed by atoms with Gasteiger partial charge in [-0.2, -0.15) is 0 Å². The minimum Gasteiger partial charge on any atom is -0.487 e. The fourth-order valence-corrected chi connectivity index (χ4v) is 2.60. The molecule has 1 aliphatic rings. The molecule has 2 nitrogen and oxygen atoms in total. The highest BCUT2D eigenvalue weighted by atomic mass is 79.9. The van der Waals surface area contributed by atoms with Gasteiger partial charge in [0, 0.05) is 24.1 Å². The third kappa shape index (κ3) is 2.50. The lowest BCUT2D eigenvalue weighted by Crippen LogP contribution is -2.52. The zero-order chi connectivity index (χ0) is 11.7. The molecule has 16 heavy (non-hydrogen) atoms. The van der Waals surface area contributed by atoms with Crippen molar-refractivity contribution in [2.24, 2.45) is 0 Å². The summed E-state index contributed by atoms with van der Waals surface area (Å²) in [6, 6.07) is 4.45. The Balaban J connectivity index is 2.04. The van der Waals surface area contributed by atoms with Gasteiger partial charge in [-0.25, -0.2) is 4.39 Å². The minimum atomic E-state index is -0.333. The summed E-state index contributed by atoms with van der Waals surface area (Å²) < 4.78 is 24.5. The Labute approximate surface area is 107 Å². The molecule has 1 aliphatic carbocycles. The summed E-state index contributed by atoms with van der Waals surface area (Å²) in [4.78, 5) is 0. The van der Waals surface area contributed by atoms with E-state index in [1.54, 1.807) is 13.2 Å². The average Bonchev–Trinajstić information content (AvgIpc) is 2.15. The van der Waals surface area contributed by atoms with E-state index in [0.717, 1.165) is 0 Å². The lowest BCUT2D eigenvalue weighted by atomic mass is 9.91. The number of methoxy groups -OCH3 is 1. The van der Waals surface area contributed by atoms with Crippen LogP contribution in [0.15, 0.2) is 22.7 Å². The van der Waals surface area contributed by atoms with Crippen molar-refractivity contribution in [2.45, 2.75) is 24.0 Å². The van der Waals surface area contributed by atoms with Crippen LogP contribution in [0.2, 0.25) is 0 Å². The monoisotopic (exact) mass is 308 g/mol. The summed E-state index contributed by atoms with van der Waals surface area (Å²) in [6.07, 6.45) is 0.499. The molecular weight excluding hydrogens is 298 g/mol. The van der Waals surface area contributed by atoms with Gasteiger partial charge in [-0.3, -0.25) is 0 Å². The summed E-state index contributed by atoms with van der Waals surface area (Å²) in [7, 11) is 1.59. The molecule has 0 spiro atoms. The van der Waals surface area contributed by atoms with E-state index in [2.05, 4.69) is 15.9 Å². The van der Waals surface area contributed by atoms with Gasteiger partial charge in [0.25, 0.3) is 0 Å². The summed E-state index contributed by atoms with van der Waals surface area (Å²) in [5.74, 6) is 0.155. The van der Waals surface area contributed by atoms with Gasteiger partial charge in [-0.15, -0.1) is 11.6 Å². The zero-order valence-electron chi connectivity index (χ0n) is 8.62. The van der Waals surface area contributed by atoms with Gasteiger partial charge in [0.05, 0.1) is 5.38 Å². The highest BCUT2D eigenvalue weighted by Gasteiger charge is 2.42. The molecule has 0 amide bonds. The van der Waals surface area contributed by atoms with E-state index in [-0.39, 0.29) is 23.4 Å². The maximum absolute atomic E-state index is 13.1. The molecule has 1 fully saturated rings. The first kappa shape index (κ1) is 12.1. The smallest absolute Gasteiger partial charge is 0.128 e. The van der Waals surface area contributed by atoms with Gasteiger partial charge in [-0.05, 0) is 12.1 Å². The first-order chi connectivity index (χ1) is 7.60. The van der Waals surface area contributed by atoms with Gasteiger partial charge in [0.2, 0.25) is 0 Å². The van der Waals surface area contributed by atoms with Crippen LogP contribution in [-0.4, -0.2) is 24.7 Å². The number of hydrogen-bond acceptors (Lipinski definition) is 2. The lowest BCUT2D eigenvalue weighted by molar-refractivity contribution is -0.0584. The Morgan fingerprint density at radius 3 is 2.75 bits per heavy atom. The number of benzene rings is 1. The summed E-state index contributed by atoms with van der Waals surface area (Å²) in [5.41, 5.74) is 0. The molecule has 88 valence electrons. The van der Waals surface area contributed by atoms with Crippen LogP contribution in [0.3, 0.4) is 0 Å². The Morgan fingerprint density at radius 1 is 1.44 bits per heavy atom. The number of hydrogen-bond donors (Lipinski definition) is 0. The van der Waals surface area contributed by atoms with Gasteiger partial charge in [-0.1, -0.05) is 15.9 Å². The fraction of sp³-hybridized carbons (Fsp3) is 0.455. The van der Waals surface area contributed by atoms with Gasteiger partial charge in [0.15, 0.2) is 0 Å². The van der Waals surface area contributed by atoms with Crippen molar-refractivity contribution in [3.05, 3.63) is 28.5 Å². The molecule has 0 saturated heterocycles. The predicted octanol–water partition coefficient (Wildman–Crippen LogP) is 3.36. The topological polar surface area (TPSA) is 18.5 Å². The molecule has 0 N–H and O–H groups in total. The predicted molar refractivity (Wildman–Crippen MR) is 63.6 cm³/mol. The van der Waals surface area contributed by atoms with Crippen LogP contribution < -0.4 is 4.74 Å². The third-order valence-electron chi connectivity index (χ3n) is 2.58. The maximum atomic E-state index is 13.1. The zero-order valence-corrected chi connectivity index (χ0v) is 11.0. The number of halogens is 3. The standard InChI is InChI=1S/C11H11BrClFO2/c1-15-11-9(13)5-10(11)16-8-3-6(12)2-7(14)4-8/h2-4,9-11H,5H2,1H3. The van der Waals surface area contributed by atoms with E-state index in [1.807, 2.05) is 0 Å². The molecule has 1 saturated carbocycles. The van der Waals surface area contributed by atoms with E-state index in [9.17, 15) is 4.39 Å². The maximum Gasteiger partial charge on any atom is 0.128 e. The van der Waals surface area contributed by atoms with Crippen molar-refractivity contribution in [3.63, 3.8) is 0 Å². The minimum absolute atomic E-state index is 0.0213. The second kappa shape index (κ2) is 4.90. The molecular formula is C11H11BrClFO2. The van der Waals surface area contributed by atoms with Crippen LogP contribution in [0.5, 0.6) is 5.75 Å². The molecule has 3 atom stereocenters. The van der Waals surface area contributed by atoms with Crippen LogP contribution in [0.25, 0.3) is 0 Å². The van der Waals surface area contributed by atoms with Crippen LogP contribution in [-0.2, 0) is 4.74 Å².